The molecule has 6 nitrogen and oxygen atoms in total. The summed E-state index contributed by atoms with van der Waals surface area (Å²) in [6, 6.07) is 4.86. The lowest BCUT2D eigenvalue weighted by molar-refractivity contribution is -0.384. The van der Waals surface area contributed by atoms with Crippen LogP contribution < -0.4 is 5.32 Å². The Bertz CT molecular complexity index is 532. The lowest BCUT2D eigenvalue weighted by Crippen LogP contribution is -2.02. The van der Waals surface area contributed by atoms with Gasteiger partial charge in [0.25, 0.3) is 5.69 Å². The Kier molecular flexibility index (Phi) is 3.64. The molecular weight excluding hydrogens is 308 g/mol. The molecule has 1 heterocycles. The molecule has 0 aliphatic rings. The molecule has 1 aromatic carbocycles. The van der Waals surface area contributed by atoms with E-state index < -0.39 is 4.92 Å². The van der Waals surface area contributed by atoms with Crippen LogP contribution in [0.4, 0.5) is 11.4 Å². The lowest BCUT2D eigenvalue weighted by Gasteiger charge is -2.05. The molecule has 8 heteroatoms. The highest BCUT2D eigenvalue weighted by atomic mass is 79.9. The van der Waals surface area contributed by atoms with Crippen LogP contribution >= 0.6 is 27.5 Å². The summed E-state index contributed by atoms with van der Waals surface area (Å²) in [4.78, 5) is 10.4. The lowest BCUT2D eigenvalue weighted by atomic mass is 10.2. The zero-order valence-corrected chi connectivity index (χ0v) is 10.9. The van der Waals surface area contributed by atoms with E-state index in [1.54, 1.807) is 17.5 Å². The minimum Gasteiger partial charge on any atom is -0.374 e. The monoisotopic (exact) mass is 314 g/mol. The fraction of sp³-hybridized carbons (Fsp3) is 0.111. The first kappa shape index (κ1) is 11.9. The molecule has 0 fully saturated rings. The van der Waals surface area contributed by atoms with Crippen LogP contribution in [0.15, 0.2) is 28.1 Å². The van der Waals surface area contributed by atoms with Crippen molar-refractivity contribution in [1.82, 2.24) is 9.59 Å². The van der Waals surface area contributed by atoms with Gasteiger partial charge in [0.15, 0.2) is 0 Å². The van der Waals surface area contributed by atoms with Gasteiger partial charge >= 0.3 is 0 Å². The number of aromatic nitrogens is 2. The van der Waals surface area contributed by atoms with Crippen molar-refractivity contribution in [1.29, 1.82) is 0 Å². The number of halogens is 1. The number of benzene rings is 1. The highest BCUT2D eigenvalue weighted by Crippen LogP contribution is 2.28. The number of nitrogens with zero attached hydrogens (tertiary/aromatic N) is 3. The van der Waals surface area contributed by atoms with Gasteiger partial charge in [-0.1, -0.05) is 20.4 Å². The minimum atomic E-state index is -0.424. The molecule has 0 unspecified atom stereocenters. The van der Waals surface area contributed by atoms with Crippen LogP contribution in [0.25, 0.3) is 0 Å². The minimum absolute atomic E-state index is 0.0302. The van der Waals surface area contributed by atoms with Crippen LogP contribution in [0.3, 0.4) is 0 Å². The summed E-state index contributed by atoms with van der Waals surface area (Å²) in [6.45, 7) is 0.416. The fourth-order valence-corrected chi connectivity index (χ4v) is 2.05. The van der Waals surface area contributed by atoms with E-state index in [1.165, 1.54) is 17.6 Å². The van der Waals surface area contributed by atoms with Gasteiger partial charge in [-0.2, -0.15) is 0 Å². The van der Waals surface area contributed by atoms with Crippen LogP contribution in [-0.4, -0.2) is 14.5 Å². The molecule has 0 atom stereocenters. The first-order valence-electron chi connectivity index (χ1n) is 4.60. The molecule has 2 rings (SSSR count). The van der Waals surface area contributed by atoms with E-state index in [0.717, 1.165) is 5.69 Å². The van der Waals surface area contributed by atoms with Crippen LogP contribution in [0.2, 0.25) is 0 Å². The van der Waals surface area contributed by atoms with Crippen molar-refractivity contribution in [3.63, 3.8) is 0 Å². The molecule has 0 aliphatic heterocycles. The normalized spacial score (nSPS) is 10.2. The van der Waals surface area contributed by atoms with E-state index in [2.05, 4.69) is 30.8 Å². The standard InChI is InChI=1S/C9H7BrN4O2S/c10-6-1-2-8(9(3-6)14(15)16)11-4-7-5-17-13-12-7/h1-3,5,11H,4H2. The molecule has 0 saturated carbocycles. The van der Waals surface area contributed by atoms with Crippen LogP contribution in [0, 0.1) is 10.1 Å². The van der Waals surface area contributed by atoms with E-state index in [1.807, 2.05) is 0 Å². The number of rotatable bonds is 4. The van der Waals surface area contributed by atoms with Crippen molar-refractivity contribution < 1.29 is 4.92 Å². The maximum atomic E-state index is 10.9. The number of nitro groups is 1. The molecule has 0 bridgehead atoms. The molecule has 17 heavy (non-hydrogen) atoms. The second kappa shape index (κ2) is 5.19. The SMILES string of the molecule is O=[N+]([O-])c1cc(Br)ccc1NCc1csnn1. The molecule has 88 valence electrons. The van der Waals surface area contributed by atoms with E-state index >= 15 is 0 Å². The molecule has 0 amide bonds. The highest BCUT2D eigenvalue weighted by molar-refractivity contribution is 9.10. The van der Waals surface area contributed by atoms with Crippen molar-refractivity contribution in [2.75, 3.05) is 5.32 Å². The van der Waals surface area contributed by atoms with Crippen LogP contribution in [-0.2, 0) is 6.54 Å². The van der Waals surface area contributed by atoms with Crippen molar-refractivity contribution in [3.8, 4) is 0 Å². The van der Waals surface area contributed by atoms with Gasteiger partial charge in [0.2, 0.25) is 0 Å². The molecule has 2 aromatic rings. The summed E-state index contributed by atoms with van der Waals surface area (Å²) < 4.78 is 4.39. The molecular formula is C9H7BrN4O2S. The second-order valence-corrected chi connectivity index (χ2v) is 4.69. The molecule has 1 aromatic heterocycles. The maximum Gasteiger partial charge on any atom is 0.293 e. The van der Waals surface area contributed by atoms with E-state index in [0.29, 0.717) is 16.7 Å². The summed E-state index contributed by atoms with van der Waals surface area (Å²) in [5.41, 5.74) is 1.25. The zero-order valence-electron chi connectivity index (χ0n) is 8.46. The van der Waals surface area contributed by atoms with Gasteiger partial charge in [0.05, 0.1) is 17.2 Å². The molecule has 0 aliphatic carbocycles. The van der Waals surface area contributed by atoms with Crippen molar-refractivity contribution >= 4 is 38.8 Å². The number of nitrogens with one attached hydrogen (secondary N) is 1. The Morgan fingerprint density at radius 3 is 3.00 bits per heavy atom. The molecule has 0 saturated heterocycles. The van der Waals surface area contributed by atoms with Crippen molar-refractivity contribution in [2.24, 2.45) is 0 Å². The first-order valence-corrected chi connectivity index (χ1v) is 6.23. The van der Waals surface area contributed by atoms with Crippen LogP contribution in [0.5, 0.6) is 0 Å². The van der Waals surface area contributed by atoms with Gasteiger partial charge in [-0.3, -0.25) is 10.1 Å². The molecule has 0 spiro atoms. The number of nitro benzene ring substituents is 1. The predicted molar refractivity (Wildman–Crippen MR) is 68.0 cm³/mol. The van der Waals surface area contributed by atoms with Crippen LogP contribution in [0.1, 0.15) is 5.69 Å². The Morgan fingerprint density at radius 2 is 2.35 bits per heavy atom. The van der Waals surface area contributed by atoms with Gasteiger partial charge in [-0.15, -0.1) is 5.10 Å². The summed E-state index contributed by atoms with van der Waals surface area (Å²) in [6.07, 6.45) is 0. The second-order valence-electron chi connectivity index (χ2n) is 3.17. The van der Waals surface area contributed by atoms with Gasteiger partial charge in [0, 0.05) is 15.9 Å². The fourth-order valence-electron chi connectivity index (χ4n) is 1.25. The van der Waals surface area contributed by atoms with E-state index in [9.17, 15) is 10.1 Å². The molecule has 1 N–H and O–H groups in total. The average Bonchev–Trinajstić information content (AvgIpc) is 2.80. The average molecular weight is 315 g/mol. The quantitative estimate of drug-likeness (QED) is 0.693. The third-order valence-corrected chi connectivity index (χ3v) is 3.07. The summed E-state index contributed by atoms with van der Waals surface area (Å²) in [5, 5.41) is 19.5. The third-order valence-electron chi connectivity index (χ3n) is 2.02. The maximum absolute atomic E-state index is 10.9. The number of hydrogen-bond donors (Lipinski definition) is 1. The Balaban J connectivity index is 2.17. The largest absolute Gasteiger partial charge is 0.374 e. The Morgan fingerprint density at radius 1 is 1.53 bits per heavy atom. The van der Waals surface area contributed by atoms with Gasteiger partial charge in [0.1, 0.15) is 5.69 Å². The highest BCUT2D eigenvalue weighted by Gasteiger charge is 2.13. The van der Waals surface area contributed by atoms with Gasteiger partial charge < -0.3 is 5.32 Å². The Labute approximate surface area is 109 Å². The van der Waals surface area contributed by atoms with Crippen molar-refractivity contribution in [3.05, 3.63) is 43.9 Å². The summed E-state index contributed by atoms with van der Waals surface area (Å²) in [7, 11) is 0. The van der Waals surface area contributed by atoms with Crippen molar-refractivity contribution in [2.45, 2.75) is 6.54 Å². The Hall–Kier alpha value is -1.54. The number of anilines is 1. The van der Waals surface area contributed by atoms with E-state index in [-0.39, 0.29) is 5.69 Å². The topological polar surface area (TPSA) is 81.0 Å². The first-order chi connectivity index (χ1) is 8.16. The zero-order chi connectivity index (χ0) is 12.3. The van der Waals surface area contributed by atoms with Gasteiger partial charge in [-0.25, -0.2) is 0 Å². The smallest absolute Gasteiger partial charge is 0.293 e. The molecule has 0 radical (unpaired) electrons. The predicted octanol–water partition coefficient (Wildman–Crippen LogP) is 2.82. The third kappa shape index (κ3) is 2.98. The number of hydrogen-bond acceptors (Lipinski definition) is 6. The summed E-state index contributed by atoms with van der Waals surface area (Å²) in [5.74, 6) is 0. The summed E-state index contributed by atoms with van der Waals surface area (Å²) >= 11 is 4.45. The van der Waals surface area contributed by atoms with E-state index in [4.69, 9.17) is 0 Å². The van der Waals surface area contributed by atoms with Gasteiger partial charge in [-0.05, 0) is 23.7 Å².